The Hall–Kier alpha value is -1.36. The Bertz CT molecular complexity index is 453. The first kappa shape index (κ1) is 11.7. The number of ether oxygens (including phenoxy) is 1. The number of H-pyrrole nitrogens is 1. The molecule has 1 aromatic rings. The van der Waals surface area contributed by atoms with Crippen LogP contribution in [-0.2, 0) is 4.74 Å². The number of aromatic amines is 1. The van der Waals surface area contributed by atoms with Gasteiger partial charge in [0.1, 0.15) is 5.69 Å². The summed E-state index contributed by atoms with van der Waals surface area (Å²) < 4.78 is 5.54. The number of hydrogen-bond acceptors (Lipinski definition) is 3. The topological polar surface area (TPSA) is 58.2 Å². The summed E-state index contributed by atoms with van der Waals surface area (Å²) in [4.78, 5) is 14.3. The molecule has 2 heterocycles. The van der Waals surface area contributed by atoms with Crippen LogP contribution in [0.1, 0.15) is 48.8 Å². The molecule has 0 bridgehead atoms. The maximum Gasteiger partial charge on any atom is 0.274 e. The highest BCUT2D eigenvalue weighted by Gasteiger charge is 2.31. The van der Waals surface area contributed by atoms with Gasteiger partial charge in [-0.3, -0.25) is 9.89 Å². The summed E-state index contributed by atoms with van der Waals surface area (Å²) in [5.74, 6) is 0.612. The summed E-state index contributed by atoms with van der Waals surface area (Å²) in [5, 5.41) is 7.14. The summed E-state index contributed by atoms with van der Waals surface area (Å²) in [7, 11) is 0. The second kappa shape index (κ2) is 4.39. The van der Waals surface area contributed by atoms with E-state index in [1.807, 2.05) is 24.8 Å². The molecule has 1 aliphatic carbocycles. The molecule has 5 nitrogen and oxygen atoms in total. The number of amides is 1. The van der Waals surface area contributed by atoms with Crippen molar-refractivity contribution in [1.82, 2.24) is 15.1 Å². The largest absolute Gasteiger partial charge is 0.375 e. The third-order valence-corrected chi connectivity index (χ3v) is 3.70. The zero-order chi connectivity index (χ0) is 12.7. The first-order valence-corrected chi connectivity index (χ1v) is 6.63. The first-order valence-electron chi connectivity index (χ1n) is 6.63. The maximum atomic E-state index is 12.4. The van der Waals surface area contributed by atoms with Gasteiger partial charge in [-0.1, -0.05) is 0 Å². The molecule has 5 heteroatoms. The Labute approximate surface area is 107 Å². The average molecular weight is 249 g/mol. The van der Waals surface area contributed by atoms with Gasteiger partial charge in [-0.2, -0.15) is 5.10 Å². The van der Waals surface area contributed by atoms with E-state index in [0.29, 0.717) is 24.8 Å². The van der Waals surface area contributed by atoms with Gasteiger partial charge in [-0.05, 0) is 32.8 Å². The van der Waals surface area contributed by atoms with Crippen molar-refractivity contribution in [2.45, 2.75) is 44.8 Å². The van der Waals surface area contributed by atoms with Gasteiger partial charge in [-0.25, -0.2) is 0 Å². The van der Waals surface area contributed by atoms with Crippen molar-refractivity contribution in [2.75, 3.05) is 13.2 Å². The van der Waals surface area contributed by atoms with Crippen LogP contribution >= 0.6 is 0 Å². The lowest BCUT2D eigenvalue weighted by atomic mass is 10.2. The van der Waals surface area contributed by atoms with Crippen molar-refractivity contribution in [3.8, 4) is 0 Å². The van der Waals surface area contributed by atoms with Crippen molar-refractivity contribution >= 4 is 5.91 Å². The zero-order valence-electron chi connectivity index (χ0n) is 10.8. The van der Waals surface area contributed by atoms with E-state index in [9.17, 15) is 4.79 Å². The first-order chi connectivity index (χ1) is 8.65. The summed E-state index contributed by atoms with van der Waals surface area (Å²) in [6.07, 6.45) is 2.52. The van der Waals surface area contributed by atoms with E-state index < -0.39 is 0 Å². The number of nitrogens with one attached hydrogen (secondary N) is 1. The predicted octanol–water partition coefficient (Wildman–Crippen LogP) is 1.54. The monoisotopic (exact) mass is 249 g/mol. The maximum absolute atomic E-state index is 12.4. The van der Waals surface area contributed by atoms with E-state index in [2.05, 4.69) is 10.2 Å². The number of morpholine rings is 1. The molecule has 18 heavy (non-hydrogen) atoms. The molecule has 0 radical (unpaired) electrons. The molecule has 1 amide bonds. The summed E-state index contributed by atoms with van der Waals surface area (Å²) in [6.45, 7) is 5.25. The molecule has 98 valence electrons. The van der Waals surface area contributed by atoms with E-state index in [-0.39, 0.29) is 18.1 Å². The lowest BCUT2D eigenvalue weighted by Gasteiger charge is -2.36. The van der Waals surface area contributed by atoms with Crippen molar-refractivity contribution in [3.63, 3.8) is 0 Å². The fourth-order valence-corrected chi connectivity index (χ4v) is 2.38. The number of hydrogen-bond donors (Lipinski definition) is 1. The van der Waals surface area contributed by atoms with Gasteiger partial charge in [0.15, 0.2) is 0 Å². The van der Waals surface area contributed by atoms with Crippen LogP contribution in [0.25, 0.3) is 0 Å². The summed E-state index contributed by atoms with van der Waals surface area (Å²) >= 11 is 0. The molecular weight excluding hydrogens is 230 g/mol. The highest BCUT2D eigenvalue weighted by molar-refractivity contribution is 5.92. The zero-order valence-corrected chi connectivity index (χ0v) is 10.8. The van der Waals surface area contributed by atoms with Crippen LogP contribution in [0.3, 0.4) is 0 Å². The molecule has 1 aliphatic heterocycles. The lowest BCUT2D eigenvalue weighted by molar-refractivity contribution is -0.0389. The Morgan fingerprint density at radius 3 is 3.00 bits per heavy atom. The van der Waals surface area contributed by atoms with Gasteiger partial charge in [0.2, 0.25) is 0 Å². The SMILES string of the molecule is C[C@@H]1CN(C(=O)c2cc(C3CC3)[nH]n2)[C@H](C)CO1. The van der Waals surface area contributed by atoms with Crippen LogP contribution in [0.15, 0.2) is 6.07 Å². The minimum absolute atomic E-state index is 0.0146. The van der Waals surface area contributed by atoms with Crippen LogP contribution < -0.4 is 0 Å². The average Bonchev–Trinajstić information content (AvgIpc) is 3.09. The molecule has 1 saturated carbocycles. The van der Waals surface area contributed by atoms with Gasteiger partial charge in [0.25, 0.3) is 5.91 Å². The van der Waals surface area contributed by atoms with E-state index in [1.165, 1.54) is 12.8 Å². The number of aromatic nitrogens is 2. The van der Waals surface area contributed by atoms with Crippen LogP contribution in [0.5, 0.6) is 0 Å². The second-order valence-electron chi connectivity index (χ2n) is 5.43. The molecule has 1 saturated heterocycles. The second-order valence-corrected chi connectivity index (χ2v) is 5.43. The quantitative estimate of drug-likeness (QED) is 0.865. The molecule has 0 spiro atoms. The summed E-state index contributed by atoms with van der Waals surface area (Å²) in [5.41, 5.74) is 1.64. The fraction of sp³-hybridized carbons (Fsp3) is 0.692. The molecule has 1 N–H and O–H groups in total. The lowest BCUT2D eigenvalue weighted by Crippen LogP contribution is -2.50. The van der Waals surface area contributed by atoms with Crippen LogP contribution in [0, 0.1) is 0 Å². The third-order valence-electron chi connectivity index (χ3n) is 3.70. The number of rotatable bonds is 2. The minimum Gasteiger partial charge on any atom is -0.375 e. The molecule has 2 aliphatic rings. The van der Waals surface area contributed by atoms with Gasteiger partial charge >= 0.3 is 0 Å². The minimum atomic E-state index is 0.0146. The standard InChI is InChI=1S/C13H19N3O2/c1-8-7-18-9(2)6-16(8)13(17)12-5-11(14-15-12)10-3-4-10/h5,8-10H,3-4,6-7H2,1-2H3,(H,14,15)/t8-,9-/m1/s1. The normalized spacial score (nSPS) is 28.4. The van der Waals surface area contributed by atoms with Crippen LogP contribution in [0.4, 0.5) is 0 Å². The van der Waals surface area contributed by atoms with E-state index >= 15 is 0 Å². The van der Waals surface area contributed by atoms with Crippen LogP contribution in [-0.4, -0.2) is 46.3 Å². The van der Waals surface area contributed by atoms with Crippen molar-refractivity contribution < 1.29 is 9.53 Å². The van der Waals surface area contributed by atoms with Crippen molar-refractivity contribution in [1.29, 1.82) is 0 Å². The number of carbonyl (C=O) groups excluding carboxylic acids is 1. The van der Waals surface area contributed by atoms with Gasteiger partial charge < -0.3 is 9.64 Å². The number of carbonyl (C=O) groups is 1. The Kier molecular flexibility index (Phi) is 2.86. The molecule has 2 fully saturated rings. The summed E-state index contributed by atoms with van der Waals surface area (Å²) in [6, 6.07) is 2.03. The fourth-order valence-electron chi connectivity index (χ4n) is 2.38. The van der Waals surface area contributed by atoms with Gasteiger partial charge in [-0.15, -0.1) is 0 Å². The highest BCUT2D eigenvalue weighted by atomic mass is 16.5. The highest BCUT2D eigenvalue weighted by Crippen LogP contribution is 2.39. The van der Waals surface area contributed by atoms with E-state index in [4.69, 9.17) is 4.74 Å². The molecular formula is C13H19N3O2. The smallest absolute Gasteiger partial charge is 0.274 e. The molecule has 0 unspecified atom stereocenters. The molecule has 0 aromatic carbocycles. The van der Waals surface area contributed by atoms with Gasteiger partial charge in [0, 0.05) is 18.2 Å². The van der Waals surface area contributed by atoms with Crippen LogP contribution in [0.2, 0.25) is 0 Å². The molecule has 3 rings (SSSR count). The molecule has 1 aromatic heterocycles. The third kappa shape index (κ3) is 2.14. The van der Waals surface area contributed by atoms with Crippen molar-refractivity contribution in [2.24, 2.45) is 0 Å². The van der Waals surface area contributed by atoms with E-state index in [1.54, 1.807) is 0 Å². The van der Waals surface area contributed by atoms with Crippen molar-refractivity contribution in [3.05, 3.63) is 17.5 Å². The van der Waals surface area contributed by atoms with Gasteiger partial charge in [0.05, 0.1) is 18.8 Å². The molecule has 2 atom stereocenters. The Morgan fingerprint density at radius 2 is 2.28 bits per heavy atom. The van der Waals surface area contributed by atoms with E-state index in [0.717, 1.165) is 5.69 Å². The Morgan fingerprint density at radius 1 is 1.50 bits per heavy atom. The Balaban J connectivity index is 1.75. The number of nitrogens with zero attached hydrogens (tertiary/aromatic N) is 2. The predicted molar refractivity (Wildman–Crippen MR) is 66.5 cm³/mol.